The van der Waals surface area contributed by atoms with E-state index in [0.717, 1.165) is 25.8 Å². The first-order valence-corrected chi connectivity index (χ1v) is 8.10. The van der Waals surface area contributed by atoms with Gasteiger partial charge in [-0.2, -0.15) is 5.10 Å². The molecule has 1 N–H and O–H groups in total. The maximum atomic E-state index is 12.4. The molecule has 0 aromatic carbocycles. The number of aromatic nitrogens is 2. The van der Waals surface area contributed by atoms with Gasteiger partial charge >= 0.3 is 6.03 Å². The van der Waals surface area contributed by atoms with Gasteiger partial charge < -0.3 is 19.7 Å². The van der Waals surface area contributed by atoms with E-state index in [1.165, 1.54) is 0 Å². The second-order valence-electron chi connectivity index (χ2n) is 6.03. The standard InChI is InChI=1S/C16H24N4O3/c1-22-11-9-20-13-14(12-17-20)18-15(21)19-7-2-4-16(6-8-19)5-3-10-23-16/h3,5,12-13H,2,4,6-11H2,1H3,(H,18,21). The van der Waals surface area contributed by atoms with E-state index in [2.05, 4.69) is 22.6 Å². The lowest BCUT2D eigenvalue weighted by Gasteiger charge is -2.25. The van der Waals surface area contributed by atoms with Gasteiger partial charge in [0, 0.05) is 26.4 Å². The van der Waals surface area contributed by atoms with E-state index in [0.29, 0.717) is 32.0 Å². The van der Waals surface area contributed by atoms with E-state index < -0.39 is 0 Å². The molecule has 1 aromatic heterocycles. The van der Waals surface area contributed by atoms with Crippen molar-refractivity contribution in [2.24, 2.45) is 0 Å². The van der Waals surface area contributed by atoms with E-state index in [1.54, 1.807) is 18.0 Å². The maximum Gasteiger partial charge on any atom is 0.321 e. The van der Waals surface area contributed by atoms with Crippen LogP contribution in [0, 0.1) is 0 Å². The van der Waals surface area contributed by atoms with Gasteiger partial charge in [0.2, 0.25) is 0 Å². The van der Waals surface area contributed by atoms with E-state index >= 15 is 0 Å². The summed E-state index contributed by atoms with van der Waals surface area (Å²) < 4.78 is 12.6. The SMILES string of the molecule is COCCn1cc(NC(=O)N2CCCC3(C=CCO3)CC2)cn1. The zero-order chi connectivity index (χ0) is 16.1. The highest BCUT2D eigenvalue weighted by atomic mass is 16.5. The third-order valence-electron chi connectivity index (χ3n) is 4.42. The number of urea groups is 1. The Kier molecular flexibility index (Phi) is 4.97. The van der Waals surface area contributed by atoms with Crippen molar-refractivity contribution in [2.45, 2.75) is 31.4 Å². The summed E-state index contributed by atoms with van der Waals surface area (Å²) in [5, 5.41) is 7.12. The summed E-state index contributed by atoms with van der Waals surface area (Å²) in [5.41, 5.74) is 0.558. The number of carbonyl (C=O) groups excluding carboxylic acids is 1. The Hall–Kier alpha value is -1.86. The second kappa shape index (κ2) is 7.14. The lowest BCUT2D eigenvalue weighted by atomic mass is 9.95. The number of methoxy groups -OCH3 is 1. The first-order valence-electron chi connectivity index (χ1n) is 8.10. The van der Waals surface area contributed by atoms with Gasteiger partial charge in [-0.15, -0.1) is 0 Å². The Morgan fingerprint density at radius 2 is 2.39 bits per heavy atom. The van der Waals surface area contributed by atoms with E-state index in [-0.39, 0.29) is 11.6 Å². The van der Waals surface area contributed by atoms with E-state index in [1.807, 2.05) is 11.1 Å². The minimum atomic E-state index is -0.153. The van der Waals surface area contributed by atoms with Gasteiger partial charge in [-0.05, 0) is 19.3 Å². The number of rotatable bonds is 4. The molecular formula is C16H24N4O3. The first kappa shape index (κ1) is 16.0. The molecule has 2 aliphatic rings. The molecule has 1 aromatic rings. The molecule has 0 radical (unpaired) electrons. The van der Waals surface area contributed by atoms with Crippen LogP contribution in [-0.4, -0.2) is 59.7 Å². The van der Waals surface area contributed by atoms with Crippen molar-refractivity contribution in [3.63, 3.8) is 0 Å². The van der Waals surface area contributed by atoms with Gasteiger partial charge in [0.15, 0.2) is 0 Å². The molecule has 3 rings (SSSR count). The Morgan fingerprint density at radius 1 is 1.48 bits per heavy atom. The molecule has 2 amide bonds. The maximum absolute atomic E-state index is 12.4. The topological polar surface area (TPSA) is 68.6 Å². The van der Waals surface area contributed by atoms with Crippen molar-refractivity contribution in [1.82, 2.24) is 14.7 Å². The average Bonchev–Trinajstić information content (AvgIpc) is 3.12. The zero-order valence-corrected chi connectivity index (χ0v) is 13.5. The molecule has 7 heteroatoms. The number of ether oxygens (including phenoxy) is 2. The molecule has 7 nitrogen and oxygen atoms in total. The quantitative estimate of drug-likeness (QED) is 0.860. The van der Waals surface area contributed by atoms with Crippen LogP contribution in [0.1, 0.15) is 19.3 Å². The predicted molar refractivity (Wildman–Crippen MR) is 86.4 cm³/mol. The zero-order valence-electron chi connectivity index (χ0n) is 13.5. The predicted octanol–water partition coefficient (Wildman–Crippen LogP) is 1.87. The smallest absolute Gasteiger partial charge is 0.321 e. The molecule has 1 atom stereocenters. The number of likely N-dealkylation sites (tertiary alicyclic amines) is 1. The number of nitrogens with one attached hydrogen (secondary N) is 1. The van der Waals surface area contributed by atoms with Crippen LogP contribution in [0.15, 0.2) is 24.5 Å². The number of carbonyl (C=O) groups is 1. The highest BCUT2D eigenvalue weighted by Gasteiger charge is 2.34. The average molecular weight is 320 g/mol. The minimum Gasteiger partial charge on any atom is -0.383 e. The van der Waals surface area contributed by atoms with Crippen molar-refractivity contribution >= 4 is 11.7 Å². The summed E-state index contributed by atoms with van der Waals surface area (Å²) in [6.45, 7) is 3.41. The molecule has 1 spiro atoms. The van der Waals surface area contributed by atoms with Crippen molar-refractivity contribution in [2.75, 3.05) is 38.7 Å². The molecule has 2 aliphatic heterocycles. The summed E-state index contributed by atoms with van der Waals surface area (Å²) in [4.78, 5) is 14.3. The fourth-order valence-electron chi connectivity index (χ4n) is 3.11. The van der Waals surface area contributed by atoms with Crippen molar-refractivity contribution in [3.05, 3.63) is 24.5 Å². The Bertz CT molecular complexity index is 571. The highest BCUT2D eigenvalue weighted by molar-refractivity contribution is 5.89. The molecule has 126 valence electrons. The first-order chi connectivity index (χ1) is 11.2. The molecular weight excluding hydrogens is 296 g/mol. The molecule has 1 fully saturated rings. The minimum absolute atomic E-state index is 0.0738. The third kappa shape index (κ3) is 3.92. The van der Waals surface area contributed by atoms with Crippen molar-refractivity contribution < 1.29 is 14.3 Å². The summed E-state index contributed by atoms with van der Waals surface area (Å²) in [6.07, 6.45) is 10.5. The Labute approximate surface area is 136 Å². The fraction of sp³-hybridized carbons (Fsp3) is 0.625. The number of nitrogens with zero attached hydrogens (tertiary/aromatic N) is 3. The van der Waals surface area contributed by atoms with E-state index in [4.69, 9.17) is 9.47 Å². The van der Waals surface area contributed by atoms with Gasteiger partial charge in [-0.3, -0.25) is 4.68 Å². The fourth-order valence-corrected chi connectivity index (χ4v) is 3.11. The number of amides is 2. The van der Waals surface area contributed by atoms with Crippen LogP contribution in [-0.2, 0) is 16.0 Å². The van der Waals surface area contributed by atoms with Crippen LogP contribution < -0.4 is 5.32 Å². The largest absolute Gasteiger partial charge is 0.383 e. The van der Waals surface area contributed by atoms with Gasteiger partial charge in [0.1, 0.15) is 0 Å². The Morgan fingerprint density at radius 3 is 3.17 bits per heavy atom. The van der Waals surface area contributed by atoms with Crippen LogP contribution in [0.25, 0.3) is 0 Å². The summed E-state index contributed by atoms with van der Waals surface area (Å²) in [6, 6.07) is -0.0738. The number of hydrogen-bond acceptors (Lipinski definition) is 4. The van der Waals surface area contributed by atoms with E-state index in [9.17, 15) is 4.79 Å². The monoisotopic (exact) mass is 320 g/mol. The molecule has 3 heterocycles. The lowest BCUT2D eigenvalue weighted by Crippen LogP contribution is -2.37. The van der Waals surface area contributed by atoms with Crippen molar-refractivity contribution in [1.29, 1.82) is 0 Å². The molecule has 1 saturated heterocycles. The number of anilines is 1. The molecule has 0 saturated carbocycles. The molecule has 0 aliphatic carbocycles. The summed E-state index contributed by atoms with van der Waals surface area (Å²) in [5.74, 6) is 0. The third-order valence-corrected chi connectivity index (χ3v) is 4.42. The van der Waals surface area contributed by atoms with Gasteiger partial charge in [0.25, 0.3) is 0 Å². The summed E-state index contributed by atoms with van der Waals surface area (Å²) in [7, 11) is 1.65. The summed E-state index contributed by atoms with van der Waals surface area (Å²) >= 11 is 0. The van der Waals surface area contributed by atoms with Gasteiger partial charge in [-0.1, -0.05) is 12.2 Å². The van der Waals surface area contributed by atoms with Crippen LogP contribution in [0.3, 0.4) is 0 Å². The van der Waals surface area contributed by atoms with Crippen LogP contribution in [0.4, 0.5) is 10.5 Å². The lowest BCUT2D eigenvalue weighted by molar-refractivity contribution is 0.0154. The van der Waals surface area contributed by atoms with Crippen LogP contribution in [0.5, 0.6) is 0 Å². The van der Waals surface area contributed by atoms with Crippen LogP contribution >= 0.6 is 0 Å². The normalized spacial score (nSPS) is 24.1. The van der Waals surface area contributed by atoms with Crippen LogP contribution in [0.2, 0.25) is 0 Å². The van der Waals surface area contributed by atoms with Gasteiger partial charge in [-0.25, -0.2) is 4.79 Å². The van der Waals surface area contributed by atoms with Gasteiger partial charge in [0.05, 0.1) is 37.2 Å². The molecule has 0 bridgehead atoms. The molecule has 1 unspecified atom stereocenters. The van der Waals surface area contributed by atoms with Crippen molar-refractivity contribution in [3.8, 4) is 0 Å². The number of hydrogen-bond donors (Lipinski definition) is 1. The highest BCUT2D eigenvalue weighted by Crippen LogP contribution is 2.31. The molecule has 23 heavy (non-hydrogen) atoms. The second-order valence-corrected chi connectivity index (χ2v) is 6.03. The Balaban J connectivity index is 1.53.